The average molecular weight is 415 g/mol. The van der Waals surface area contributed by atoms with Gasteiger partial charge in [0.2, 0.25) is 5.91 Å². The third kappa shape index (κ3) is 7.08. The van der Waals surface area contributed by atoms with Gasteiger partial charge in [0.25, 0.3) is 5.69 Å². The van der Waals surface area contributed by atoms with Crippen LogP contribution in [0.1, 0.15) is 33.3 Å². The Morgan fingerprint density at radius 3 is 2.40 bits per heavy atom. The zero-order valence-electron chi connectivity index (χ0n) is 17.3. The Morgan fingerprint density at radius 1 is 1.13 bits per heavy atom. The number of hydrogen-bond donors (Lipinski definition) is 2. The molecule has 0 saturated heterocycles. The molecular formula is C21H25N3O6. The van der Waals surface area contributed by atoms with Gasteiger partial charge in [0.15, 0.2) is 0 Å². The molecule has 0 heterocycles. The number of carbonyl (C=O) groups excluding carboxylic acids is 2. The summed E-state index contributed by atoms with van der Waals surface area (Å²) in [5.41, 5.74) is -0.123. The van der Waals surface area contributed by atoms with Crippen molar-refractivity contribution < 1.29 is 24.0 Å². The van der Waals surface area contributed by atoms with E-state index in [-0.39, 0.29) is 18.0 Å². The number of hydrogen-bond acceptors (Lipinski definition) is 6. The molecule has 0 spiro atoms. The highest BCUT2D eigenvalue weighted by molar-refractivity contribution is 5.98. The van der Waals surface area contributed by atoms with Gasteiger partial charge in [0.1, 0.15) is 29.7 Å². The summed E-state index contributed by atoms with van der Waals surface area (Å²) in [6.07, 6.45) is -0.760. The highest BCUT2D eigenvalue weighted by atomic mass is 16.6. The van der Waals surface area contributed by atoms with Crippen LogP contribution in [0.3, 0.4) is 0 Å². The third-order valence-corrected chi connectivity index (χ3v) is 3.80. The Labute approximate surface area is 174 Å². The number of alkyl carbamates (subject to hydrolysis) is 1. The van der Waals surface area contributed by atoms with Crippen LogP contribution in [0.25, 0.3) is 0 Å². The van der Waals surface area contributed by atoms with Crippen molar-refractivity contribution in [1.29, 1.82) is 0 Å². The largest absolute Gasteiger partial charge is 0.489 e. The van der Waals surface area contributed by atoms with E-state index in [9.17, 15) is 19.7 Å². The van der Waals surface area contributed by atoms with E-state index in [1.54, 1.807) is 20.8 Å². The minimum absolute atomic E-state index is 0.00472. The predicted molar refractivity (Wildman–Crippen MR) is 111 cm³/mol. The Hall–Kier alpha value is -3.62. The number of nitro groups is 1. The molecule has 2 aromatic carbocycles. The maximum Gasteiger partial charge on any atom is 0.408 e. The van der Waals surface area contributed by atoms with Crippen LogP contribution in [-0.2, 0) is 16.1 Å². The molecule has 160 valence electrons. The number of amides is 2. The lowest BCUT2D eigenvalue weighted by atomic mass is 10.2. The van der Waals surface area contributed by atoms with Crippen LogP contribution >= 0.6 is 0 Å². The highest BCUT2D eigenvalue weighted by Gasteiger charge is 2.23. The molecule has 30 heavy (non-hydrogen) atoms. The first kappa shape index (κ1) is 22.7. The summed E-state index contributed by atoms with van der Waals surface area (Å²) >= 11 is 0. The number of nitrogens with one attached hydrogen (secondary N) is 2. The van der Waals surface area contributed by atoms with Crippen molar-refractivity contribution in [2.75, 3.05) is 5.32 Å². The molecule has 2 aromatic rings. The summed E-state index contributed by atoms with van der Waals surface area (Å²) in [6, 6.07) is 12.6. The molecular weight excluding hydrogens is 390 g/mol. The number of nitrogens with zero attached hydrogens (tertiary/aromatic N) is 1. The smallest absolute Gasteiger partial charge is 0.408 e. The number of anilines is 1. The van der Waals surface area contributed by atoms with E-state index in [0.717, 1.165) is 5.56 Å². The van der Waals surface area contributed by atoms with E-state index < -0.39 is 28.6 Å². The molecule has 9 nitrogen and oxygen atoms in total. The Morgan fingerprint density at radius 2 is 1.80 bits per heavy atom. The van der Waals surface area contributed by atoms with Crippen LogP contribution in [0.15, 0.2) is 48.5 Å². The second kappa shape index (κ2) is 9.73. The average Bonchev–Trinajstić information content (AvgIpc) is 2.66. The monoisotopic (exact) mass is 415 g/mol. The summed E-state index contributed by atoms with van der Waals surface area (Å²) in [4.78, 5) is 35.0. The van der Waals surface area contributed by atoms with Crippen LogP contribution in [0.4, 0.5) is 16.2 Å². The van der Waals surface area contributed by atoms with E-state index >= 15 is 0 Å². The van der Waals surface area contributed by atoms with Crippen LogP contribution in [0, 0.1) is 10.1 Å². The molecule has 9 heteroatoms. The number of benzene rings is 2. The SMILES string of the molecule is CC(NC(=O)OC(C)(C)C)C(=O)Nc1ccc(OCc2ccccc2)cc1[N+](=O)[O-]. The lowest BCUT2D eigenvalue weighted by Crippen LogP contribution is -2.44. The van der Waals surface area contributed by atoms with Crippen molar-refractivity contribution >= 4 is 23.4 Å². The summed E-state index contributed by atoms with van der Waals surface area (Å²) in [7, 11) is 0. The minimum Gasteiger partial charge on any atom is -0.489 e. The van der Waals surface area contributed by atoms with Gasteiger partial charge >= 0.3 is 6.09 Å². The summed E-state index contributed by atoms with van der Waals surface area (Å²) in [6.45, 7) is 6.79. The van der Waals surface area contributed by atoms with Crippen LogP contribution < -0.4 is 15.4 Å². The van der Waals surface area contributed by atoms with Crippen molar-refractivity contribution in [3.63, 3.8) is 0 Å². The number of ether oxygens (including phenoxy) is 2. The molecule has 0 aliphatic rings. The van der Waals surface area contributed by atoms with E-state index in [4.69, 9.17) is 9.47 Å². The number of rotatable bonds is 7. The van der Waals surface area contributed by atoms with Crippen molar-refractivity contribution in [2.24, 2.45) is 0 Å². The molecule has 0 radical (unpaired) electrons. The van der Waals surface area contributed by atoms with Crippen LogP contribution in [0.2, 0.25) is 0 Å². The molecule has 0 bridgehead atoms. The lowest BCUT2D eigenvalue weighted by Gasteiger charge is -2.21. The van der Waals surface area contributed by atoms with E-state index in [1.165, 1.54) is 25.1 Å². The van der Waals surface area contributed by atoms with Gasteiger partial charge in [-0.05, 0) is 45.4 Å². The molecule has 0 saturated carbocycles. The molecule has 2 amide bonds. The van der Waals surface area contributed by atoms with Crippen molar-refractivity contribution in [3.8, 4) is 5.75 Å². The van der Waals surface area contributed by atoms with Gasteiger partial charge in [0, 0.05) is 0 Å². The predicted octanol–water partition coefficient (Wildman–Crippen LogP) is 4.03. The minimum atomic E-state index is -0.964. The van der Waals surface area contributed by atoms with Gasteiger partial charge in [-0.15, -0.1) is 0 Å². The quantitative estimate of drug-likeness (QED) is 0.520. The molecule has 2 N–H and O–H groups in total. The topological polar surface area (TPSA) is 120 Å². The van der Waals surface area contributed by atoms with Crippen molar-refractivity contribution in [1.82, 2.24) is 5.32 Å². The first-order chi connectivity index (χ1) is 14.0. The zero-order chi connectivity index (χ0) is 22.3. The van der Waals surface area contributed by atoms with E-state index in [0.29, 0.717) is 5.75 Å². The third-order valence-electron chi connectivity index (χ3n) is 3.80. The second-order valence-electron chi connectivity index (χ2n) is 7.57. The zero-order valence-corrected chi connectivity index (χ0v) is 17.3. The molecule has 0 fully saturated rings. The normalized spacial score (nSPS) is 11.9. The van der Waals surface area contributed by atoms with Gasteiger partial charge < -0.3 is 20.1 Å². The Balaban J connectivity index is 2.04. The van der Waals surface area contributed by atoms with E-state index in [1.807, 2.05) is 30.3 Å². The molecule has 2 rings (SSSR count). The molecule has 0 aromatic heterocycles. The number of carbonyl (C=O) groups is 2. The van der Waals surface area contributed by atoms with Gasteiger partial charge in [-0.1, -0.05) is 30.3 Å². The first-order valence-electron chi connectivity index (χ1n) is 9.31. The molecule has 0 aliphatic heterocycles. The van der Waals surface area contributed by atoms with Gasteiger partial charge in [0.05, 0.1) is 11.0 Å². The Bertz CT molecular complexity index is 909. The maximum absolute atomic E-state index is 12.3. The Kier molecular flexibility index (Phi) is 7.35. The van der Waals surface area contributed by atoms with Gasteiger partial charge in [-0.2, -0.15) is 0 Å². The lowest BCUT2D eigenvalue weighted by molar-refractivity contribution is -0.384. The van der Waals surface area contributed by atoms with Gasteiger partial charge in [-0.25, -0.2) is 4.79 Å². The fraction of sp³-hybridized carbons (Fsp3) is 0.333. The molecule has 1 unspecified atom stereocenters. The first-order valence-corrected chi connectivity index (χ1v) is 9.31. The van der Waals surface area contributed by atoms with Crippen LogP contribution in [0.5, 0.6) is 5.75 Å². The summed E-state index contributed by atoms with van der Waals surface area (Å²) in [5, 5.41) is 16.3. The van der Waals surface area contributed by atoms with Crippen molar-refractivity contribution in [3.05, 3.63) is 64.2 Å². The summed E-state index contributed by atoms with van der Waals surface area (Å²) < 4.78 is 10.7. The highest BCUT2D eigenvalue weighted by Crippen LogP contribution is 2.29. The van der Waals surface area contributed by atoms with Crippen LogP contribution in [-0.4, -0.2) is 28.6 Å². The van der Waals surface area contributed by atoms with E-state index in [2.05, 4.69) is 10.6 Å². The fourth-order valence-corrected chi connectivity index (χ4v) is 2.39. The standard InChI is InChI=1S/C21H25N3O6/c1-14(22-20(26)30-21(2,3)4)19(25)23-17-11-10-16(12-18(17)24(27)28)29-13-15-8-6-5-7-9-15/h5-12,14H,13H2,1-4H3,(H,22,26)(H,23,25). The van der Waals surface area contributed by atoms with Crippen molar-refractivity contribution in [2.45, 2.75) is 45.9 Å². The fourth-order valence-electron chi connectivity index (χ4n) is 2.39. The molecule has 0 aliphatic carbocycles. The van der Waals surface area contributed by atoms with Gasteiger partial charge in [-0.3, -0.25) is 14.9 Å². The summed E-state index contributed by atoms with van der Waals surface area (Å²) in [5.74, 6) is -0.328. The second-order valence-corrected chi connectivity index (χ2v) is 7.57. The molecule has 1 atom stereocenters. The maximum atomic E-state index is 12.3. The number of nitro benzene ring substituents is 1.